The van der Waals surface area contributed by atoms with Gasteiger partial charge in [-0.25, -0.2) is 4.98 Å². The van der Waals surface area contributed by atoms with Gasteiger partial charge in [0.25, 0.3) is 5.91 Å². The third-order valence-corrected chi connectivity index (χ3v) is 5.81. The van der Waals surface area contributed by atoms with E-state index in [1.807, 2.05) is 19.1 Å². The predicted octanol–water partition coefficient (Wildman–Crippen LogP) is 2.99. The van der Waals surface area contributed by atoms with E-state index in [1.165, 1.54) is 0 Å². The largest absolute Gasteiger partial charge is 0.484 e. The summed E-state index contributed by atoms with van der Waals surface area (Å²) in [5.74, 6) is 0.647. The molecule has 8 nitrogen and oxygen atoms in total. The Bertz CT molecular complexity index is 1000. The number of hydrogen-bond donors (Lipinski definition) is 2. The second kappa shape index (κ2) is 9.80. The minimum absolute atomic E-state index is 0.0248. The number of rotatable bonds is 7. The van der Waals surface area contributed by atoms with Crippen LogP contribution in [0.4, 0.5) is 11.5 Å². The van der Waals surface area contributed by atoms with Gasteiger partial charge >= 0.3 is 0 Å². The Labute approximate surface area is 187 Å². The van der Waals surface area contributed by atoms with Crippen molar-refractivity contribution in [2.24, 2.45) is 11.8 Å². The lowest BCUT2D eigenvalue weighted by Crippen LogP contribution is -2.45. The van der Waals surface area contributed by atoms with Crippen LogP contribution in [0.25, 0.3) is 0 Å². The van der Waals surface area contributed by atoms with Crippen molar-refractivity contribution in [1.29, 1.82) is 0 Å². The molecule has 32 heavy (non-hydrogen) atoms. The van der Waals surface area contributed by atoms with Crippen molar-refractivity contribution in [2.75, 3.05) is 30.3 Å². The number of nitrogens with one attached hydrogen (secondary N) is 2. The van der Waals surface area contributed by atoms with Crippen LogP contribution in [-0.2, 0) is 14.4 Å². The van der Waals surface area contributed by atoms with Crippen LogP contribution < -0.4 is 15.4 Å². The molecule has 1 aromatic heterocycles. The van der Waals surface area contributed by atoms with E-state index < -0.39 is 0 Å². The molecule has 2 N–H and O–H groups in total. The summed E-state index contributed by atoms with van der Waals surface area (Å²) >= 11 is 0. The number of benzene rings is 1. The average molecular weight is 437 g/mol. The first kappa shape index (κ1) is 21.8. The smallest absolute Gasteiger partial charge is 0.260 e. The summed E-state index contributed by atoms with van der Waals surface area (Å²) in [5.41, 5.74) is 1.56. The normalized spacial score (nSPS) is 18.0. The minimum Gasteiger partial charge on any atom is -0.484 e. The molecule has 1 aliphatic carbocycles. The van der Waals surface area contributed by atoms with Crippen molar-refractivity contribution in [3.8, 4) is 5.75 Å². The van der Waals surface area contributed by atoms with Gasteiger partial charge in [0.15, 0.2) is 6.61 Å². The van der Waals surface area contributed by atoms with Gasteiger partial charge < -0.3 is 20.3 Å². The van der Waals surface area contributed by atoms with E-state index in [2.05, 4.69) is 15.6 Å². The predicted molar refractivity (Wildman–Crippen MR) is 120 cm³/mol. The van der Waals surface area contributed by atoms with Crippen LogP contribution in [0.2, 0.25) is 0 Å². The first-order valence-corrected chi connectivity index (χ1v) is 11.0. The van der Waals surface area contributed by atoms with E-state index in [1.54, 1.807) is 35.4 Å². The van der Waals surface area contributed by atoms with Crippen molar-refractivity contribution >= 4 is 29.2 Å². The first-order chi connectivity index (χ1) is 15.5. The highest BCUT2D eigenvalue weighted by Gasteiger charge is 2.30. The number of anilines is 2. The van der Waals surface area contributed by atoms with Gasteiger partial charge in [0.05, 0.1) is 5.92 Å². The van der Waals surface area contributed by atoms with Gasteiger partial charge in [-0.05, 0) is 56.4 Å². The quantitative estimate of drug-likeness (QED) is 0.695. The molecular weight excluding hydrogens is 408 g/mol. The summed E-state index contributed by atoms with van der Waals surface area (Å²) in [5, 5.41) is 5.75. The molecule has 0 spiro atoms. The first-order valence-electron chi connectivity index (χ1n) is 11.0. The van der Waals surface area contributed by atoms with Crippen LogP contribution in [0.3, 0.4) is 0 Å². The van der Waals surface area contributed by atoms with Crippen molar-refractivity contribution in [1.82, 2.24) is 9.88 Å². The van der Waals surface area contributed by atoms with Crippen LogP contribution >= 0.6 is 0 Å². The lowest BCUT2D eigenvalue weighted by molar-refractivity contribution is -0.136. The minimum atomic E-state index is -0.282. The zero-order chi connectivity index (χ0) is 22.5. The Balaban J connectivity index is 1.28. The molecule has 1 saturated heterocycles. The number of pyridine rings is 1. The molecule has 0 radical (unpaired) electrons. The average Bonchev–Trinajstić information content (AvgIpc) is 3.65. The Morgan fingerprint density at radius 2 is 1.88 bits per heavy atom. The molecule has 0 bridgehead atoms. The maximum Gasteiger partial charge on any atom is 0.260 e. The number of aromatic nitrogens is 1. The van der Waals surface area contributed by atoms with Crippen LogP contribution in [0.15, 0.2) is 42.6 Å². The molecule has 8 heteroatoms. The summed E-state index contributed by atoms with van der Waals surface area (Å²) in [4.78, 5) is 43.2. The lowest BCUT2D eigenvalue weighted by atomic mass is 9.97. The van der Waals surface area contributed by atoms with Gasteiger partial charge in [0.1, 0.15) is 11.6 Å². The molecule has 2 aliphatic rings. The zero-order valence-corrected chi connectivity index (χ0v) is 18.2. The summed E-state index contributed by atoms with van der Waals surface area (Å²) in [6, 6.07) is 10.8. The molecule has 1 aliphatic heterocycles. The number of amides is 3. The Morgan fingerprint density at radius 1 is 1.06 bits per heavy atom. The number of piperidine rings is 1. The molecule has 1 unspecified atom stereocenters. The lowest BCUT2D eigenvalue weighted by Gasteiger charge is -2.32. The molecule has 2 fully saturated rings. The monoisotopic (exact) mass is 436 g/mol. The van der Waals surface area contributed by atoms with Gasteiger partial charge in [-0.3, -0.25) is 14.4 Å². The fourth-order valence-corrected chi connectivity index (χ4v) is 3.74. The van der Waals surface area contributed by atoms with Crippen LogP contribution in [0.5, 0.6) is 5.75 Å². The SMILES string of the molecule is Cc1cccnc1NC(=O)C1CCCN(C(=O)COc2cccc(NC(=O)C3CC3)c2)C1. The van der Waals surface area contributed by atoms with E-state index in [0.717, 1.165) is 31.2 Å². The summed E-state index contributed by atoms with van der Waals surface area (Å²) < 4.78 is 5.67. The van der Waals surface area contributed by atoms with Gasteiger partial charge in [0.2, 0.25) is 11.8 Å². The molecule has 2 heterocycles. The second-order valence-electron chi connectivity index (χ2n) is 8.42. The van der Waals surface area contributed by atoms with Crippen LogP contribution in [-0.4, -0.2) is 47.3 Å². The van der Waals surface area contributed by atoms with Crippen molar-refractivity contribution in [3.05, 3.63) is 48.2 Å². The van der Waals surface area contributed by atoms with E-state index in [0.29, 0.717) is 30.3 Å². The van der Waals surface area contributed by atoms with Crippen LogP contribution in [0, 0.1) is 18.8 Å². The standard InChI is InChI=1S/C24H28N4O4/c1-16-5-3-11-25-22(16)27-24(31)18-6-4-12-28(14-18)21(29)15-32-20-8-2-7-19(13-20)26-23(30)17-9-10-17/h2-3,5,7-8,11,13,17-18H,4,6,9-10,12,14-15H2,1H3,(H,26,30)(H,25,27,31). The zero-order valence-electron chi connectivity index (χ0n) is 18.2. The Kier molecular flexibility index (Phi) is 6.68. The van der Waals surface area contributed by atoms with Crippen molar-refractivity contribution in [2.45, 2.75) is 32.6 Å². The molecule has 3 amide bonds. The van der Waals surface area contributed by atoms with Gasteiger partial charge in [-0.1, -0.05) is 12.1 Å². The molecule has 168 valence electrons. The van der Waals surface area contributed by atoms with Crippen molar-refractivity contribution < 1.29 is 19.1 Å². The summed E-state index contributed by atoms with van der Waals surface area (Å²) in [7, 11) is 0. The van der Waals surface area contributed by atoms with Crippen LogP contribution in [0.1, 0.15) is 31.2 Å². The number of carbonyl (C=O) groups is 3. The molecular formula is C24H28N4O4. The fourth-order valence-electron chi connectivity index (χ4n) is 3.74. The maximum atomic E-state index is 12.7. The van der Waals surface area contributed by atoms with E-state index >= 15 is 0 Å². The van der Waals surface area contributed by atoms with Crippen molar-refractivity contribution in [3.63, 3.8) is 0 Å². The second-order valence-corrected chi connectivity index (χ2v) is 8.42. The number of nitrogens with zero attached hydrogens (tertiary/aromatic N) is 2. The number of likely N-dealkylation sites (tertiary alicyclic amines) is 1. The third-order valence-electron chi connectivity index (χ3n) is 5.81. The fraction of sp³-hybridized carbons (Fsp3) is 0.417. The number of carbonyl (C=O) groups excluding carboxylic acids is 3. The summed E-state index contributed by atoms with van der Waals surface area (Å²) in [6.45, 7) is 2.74. The number of ether oxygens (including phenoxy) is 1. The summed E-state index contributed by atoms with van der Waals surface area (Å²) in [6.07, 6.45) is 5.00. The number of aryl methyl sites for hydroxylation is 1. The van der Waals surface area contributed by atoms with E-state index in [-0.39, 0.29) is 36.2 Å². The number of hydrogen-bond acceptors (Lipinski definition) is 5. The molecule has 1 aromatic carbocycles. The van der Waals surface area contributed by atoms with Gasteiger partial charge in [0, 0.05) is 37.0 Å². The molecule has 1 saturated carbocycles. The van der Waals surface area contributed by atoms with E-state index in [9.17, 15) is 14.4 Å². The highest BCUT2D eigenvalue weighted by molar-refractivity contribution is 5.94. The molecule has 4 rings (SSSR count). The molecule has 2 aromatic rings. The highest BCUT2D eigenvalue weighted by Crippen LogP contribution is 2.30. The third kappa shape index (κ3) is 5.63. The maximum absolute atomic E-state index is 12.7. The Hall–Kier alpha value is -3.42. The van der Waals surface area contributed by atoms with Gasteiger partial charge in [-0.2, -0.15) is 0 Å². The van der Waals surface area contributed by atoms with Gasteiger partial charge in [-0.15, -0.1) is 0 Å². The topological polar surface area (TPSA) is 101 Å². The molecule has 1 atom stereocenters. The highest BCUT2D eigenvalue weighted by atomic mass is 16.5. The Morgan fingerprint density at radius 3 is 2.66 bits per heavy atom. The van der Waals surface area contributed by atoms with E-state index in [4.69, 9.17) is 4.74 Å².